The van der Waals surface area contributed by atoms with Crippen molar-refractivity contribution in [2.24, 2.45) is 0 Å². The third-order valence-corrected chi connectivity index (χ3v) is 6.26. The van der Waals surface area contributed by atoms with Crippen LogP contribution in [0.1, 0.15) is 31.5 Å². The highest BCUT2D eigenvalue weighted by Crippen LogP contribution is 2.29. The molecular formula is C23H29N7O. The van der Waals surface area contributed by atoms with Gasteiger partial charge in [0.15, 0.2) is 0 Å². The summed E-state index contributed by atoms with van der Waals surface area (Å²) in [6.07, 6.45) is 8.24. The zero-order valence-corrected chi connectivity index (χ0v) is 17.9. The van der Waals surface area contributed by atoms with Crippen LogP contribution < -0.4 is 15.5 Å². The predicted molar refractivity (Wildman–Crippen MR) is 121 cm³/mol. The molecule has 8 heteroatoms. The van der Waals surface area contributed by atoms with E-state index in [0.717, 1.165) is 54.1 Å². The topological polar surface area (TPSA) is 77.8 Å². The molecule has 5 heterocycles. The van der Waals surface area contributed by atoms with Crippen molar-refractivity contribution in [3.8, 4) is 11.1 Å². The standard InChI is InChI=1S/C23H29N7O/c1-2-24-23(31)29-12-10-28(11-13-29)21-7-9-27-30-16-18(14-22(21)30)17-5-6-20(26-15-17)19-4-3-8-25-19/h5-7,9,14-16,19,25H,2-4,8,10-13H2,1H3,(H,24,31)/t19-/m0/s1. The van der Waals surface area contributed by atoms with Crippen molar-refractivity contribution in [2.75, 3.05) is 44.2 Å². The van der Waals surface area contributed by atoms with E-state index in [4.69, 9.17) is 4.98 Å². The van der Waals surface area contributed by atoms with Crippen LogP contribution in [0, 0.1) is 0 Å². The lowest BCUT2D eigenvalue weighted by atomic mass is 10.1. The van der Waals surface area contributed by atoms with Crippen LogP contribution in [0.3, 0.4) is 0 Å². The average Bonchev–Trinajstić information content (AvgIpc) is 3.49. The molecule has 0 saturated carbocycles. The largest absolute Gasteiger partial charge is 0.366 e. The van der Waals surface area contributed by atoms with Gasteiger partial charge in [0.05, 0.1) is 16.9 Å². The summed E-state index contributed by atoms with van der Waals surface area (Å²) < 4.78 is 1.94. The van der Waals surface area contributed by atoms with Crippen LogP contribution in [0.15, 0.2) is 42.9 Å². The van der Waals surface area contributed by atoms with Crippen molar-refractivity contribution in [2.45, 2.75) is 25.8 Å². The van der Waals surface area contributed by atoms with Gasteiger partial charge in [-0.2, -0.15) is 5.10 Å². The Morgan fingerprint density at radius 2 is 2.06 bits per heavy atom. The molecule has 3 aromatic heterocycles. The molecular weight excluding hydrogens is 390 g/mol. The quantitative estimate of drug-likeness (QED) is 0.680. The Labute approximate surface area is 182 Å². The first-order valence-corrected chi connectivity index (χ1v) is 11.2. The number of nitrogens with one attached hydrogen (secondary N) is 2. The molecule has 0 unspecified atom stereocenters. The van der Waals surface area contributed by atoms with Crippen molar-refractivity contribution in [3.05, 3.63) is 48.5 Å². The van der Waals surface area contributed by atoms with E-state index in [0.29, 0.717) is 25.7 Å². The fraction of sp³-hybridized carbons (Fsp3) is 0.435. The van der Waals surface area contributed by atoms with Crippen LogP contribution in [-0.2, 0) is 0 Å². The van der Waals surface area contributed by atoms with E-state index in [1.165, 1.54) is 6.42 Å². The summed E-state index contributed by atoms with van der Waals surface area (Å²) in [5.41, 5.74) is 5.55. The van der Waals surface area contributed by atoms with Crippen LogP contribution >= 0.6 is 0 Å². The molecule has 2 aliphatic heterocycles. The van der Waals surface area contributed by atoms with E-state index in [-0.39, 0.29) is 6.03 Å². The van der Waals surface area contributed by atoms with E-state index in [9.17, 15) is 4.79 Å². The van der Waals surface area contributed by atoms with Crippen molar-refractivity contribution in [3.63, 3.8) is 0 Å². The first-order chi connectivity index (χ1) is 15.2. The second-order valence-corrected chi connectivity index (χ2v) is 8.21. The van der Waals surface area contributed by atoms with E-state index < -0.39 is 0 Å². The number of nitrogens with zero attached hydrogens (tertiary/aromatic N) is 5. The molecule has 31 heavy (non-hydrogen) atoms. The van der Waals surface area contributed by atoms with Gasteiger partial charge in [-0.05, 0) is 44.5 Å². The molecule has 162 valence electrons. The molecule has 2 saturated heterocycles. The van der Waals surface area contributed by atoms with Gasteiger partial charge in [-0.3, -0.25) is 4.98 Å². The van der Waals surface area contributed by atoms with Crippen molar-refractivity contribution in [1.29, 1.82) is 0 Å². The van der Waals surface area contributed by atoms with Gasteiger partial charge in [0.2, 0.25) is 0 Å². The number of aromatic nitrogens is 3. The van der Waals surface area contributed by atoms with E-state index >= 15 is 0 Å². The van der Waals surface area contributed by atoms with Gasteiger partial charge in [0, 0.05) is 68.5 Å². The summed E-state index contributed by atoms with van der Waals surface area (Å²) in [5, 5.41) is 10.9. The number of urea groups is 1. The number of carbonyl (C=O) groups is 1. The van der Waals surface area contributed by atoms with Gasteiger partial charge in [0.25, 0.3) is 0 Å². The molecule has 0 aliphatic carbocycles. The summed E-state index contributed by atoms with van der Waals surface area (Å²) >= 11 is 0. The lowest BCUT2D eigenvalue weighted by Crippen LogP contribution is -2.51. The highest BCUT2D eigenvalue weighted by atomic mass is 16.2. The third-order valence-electron chi connectivity index (χ3n) is 6.26. The number of rotatable bonds is 4. The van der Waals surface area contributed by atoms with Crippen molar-refractivity contribution >= 4 is 17.2 Å². The van der Waals surface area contributed by atoms with E-state index in [1.807, 2.05) is 28.7 Å². The number of amides is 2. The van der Waals surface area contributed by atoms with Gasteiger partial charge >= 0.3 is 6.03 Å². The zero-order valence-electron chi connectivity index (χ0n) is 17.9. The number of anilines is 1. The van der Waals surface area contributed by atoms with Gasteiger partial charge < -0.3 is 20.4 Å². The predicted octanol–water partition coefficient (Wildman–Crippen LogP) is 2.67. The average molecular weight is 420 g/mol. The fourth-order valence-electron chi connectivity index (χ4n) is 4.56. The Morgan fingerprint density at radius 1 is 1.19 bits per heavy atom. The summed E-state index contributed by atoms with van der Waals surface area (Å²) in [5.74, 6) is 0. The number of hydrogen-bond acceptors (Lipinski definition) is 5. The second-order valence-electron chi connectivity index (χ2n) is 8.21. The lowest BCUT2D eigenvalue weighted by molar-refractivity contribution is 0.195. The van der Waals surface area contributed by atoms with Crippen LogP contribution in [0.2, 0.25) is 0 Å². The first kappa shape index (κ1) is 19.8. The SMILES string of the molecule is CCNC(=O)N1CCN(c2ccnn3cc(-c4ccc([C@@H]5CCCN5)nc4)cc23)CC1. The summed E-state index contributed by atoms with van der Waals surface area (Å²) in [6, 6.07) is 8.94. The summed E-state index contributed by atoms with van der Waals surface area (Å²) in [4.78, 5) is 21.0. The highest BCUT2D eigenvalue weighted by molar-refractivity contribution is 5.80. The molecule has 2 aliphatic rings. The summed E-state index contributed by atoms with van der Waals surface area (Å²) in [7, 11) is 0. The maximum absolute atomic E-state index is 12.1. The minimum absolute atomic E-state index is 0.0238. The number of carbonyl (C=O) groups excluding carboxylic acids is 1. The minimum Gasteiger partial charge on any atom is -0.366 e. The molecule has 5 rings (SSSR count). The van der Waals surface area contributed by atoms with Crippen LogP contribution in [0.4, 0.5) is 10.5 Å². The molecule has 1 atom stereocenters. The zero-order chi connectivity index (χ0) is 21.2. The molecule has 0 aromatic carbocycles. The van der Waals surface area contributed by atoms with Gasteiger partial charge in [0.1, 0.15) is 0 Å². The Bertz CT molecular complexity index is 1050. The summed E-state index contributed by atoms with van der Waals surface area (Å²) in [6.45, 7) is 6.72. The Balaban J connectivity index is 1.35. The monoisotopic (exact) mass is 419 g/mol. The molecule has 0 spiro atoms. The maximum atomic E-state index is 12.1. The minimum atomic E-state index is 0.0238. The van der Waals surface area contributed by atoms with Crippen LogP contribution in [0.5, 0.6) is 0 Å². The van der Waals surface area contributed by atoms with Gasteiger partial charge in [-0.25, -0.2) is 9.31 Å². The molecule has 3 aromatic rings. The fourth-order valence-corrected chi connectivity index (χ4v) is 4.56. The van der Waals surface area contributed by atoms with E-state index in [2.05, 4.69) is 51.1 Å². The second kappa shape index (κ2) is 8.55. The van der Waals surface area contributed by atoms with Crippen LogP contribution in [-0.4, -0.2) is 64.8 Å². The molecule has 8 nitrogen and oxygen atoms in total. The van der Waals surface area contributed by atoms with Gasteiger partial charge in [-0.1, -0.05) is 6.07 Å². The number of fused-ring (bicyclic) bond motifs is 1. The third kappa shape index (κ3) is 3.95. The first-order valence-electron chi connectivity index (χ1n) is 11.2. The molecule has 2 amide bonds. The number of pyridine rings is 1. The Hall–Kier alpha value is -3.13. The number of hydrogen-bond donors (Lipinski definition) is 2. The van der Waals surface area contributed by atoms with E-state index in [1.54, 1.807) is 0 Å². The molecule has 2 fully saturated rings. The lowest BCUT2D eigenvalue weighted by Gasteiger charge is -2.36. The Morgan fingerprint density at radius 3 is 2.77 bits per heavy atom. The molecule has 2 N–H and O–H groups in total. The van der Waals surface area contributed by atoms with Gasteiger partial charge in [-0.15, -0.1) is 0 Å². The van der Waals surface area contributed by atoms with Crippen LogP contribution in [0.25, 0.3) is 16.6 Å². The molecule has 0 radical (unpaired) electrons. The number of piperazine rings is 1. The highest BCUT2D eigenvalue weighted by Gasteiger charge is 2.23. The maximum Gasteiger partial charge on any atom is 0.317 e. The molecule has 0 bridgehead atoms. The normalized spacial score (nSPS) is 19.2. The van der Waals surface area contributed by atoms with Crippen molar-refractivity contribution < 1.29 is 4.79 Å². The Kier molecular flexibility index (Phi) is 5.46. The smallest absolute Gasteiger partial charge is 0.317 e. The van der Waals surface area contributed by atoms with Crippen molar-refractivity contribution in [1.82, 2.24) is 30.1 Å².